The van der Waals surface area contributed by atoms with Gasteiger partial charge in [-0.2, -0.15) is 0 Å². The molecule has 1 atom stereocenters. The molecule has 2 N–H and O–H groups in total. The van der Waals surface area contributed by atoms with Crippen molar-refractivity contribution in [3.63, 3.8) is 0 Å². The van der Waals surface area contributed by atoms with Crippen molar-refractivity contribution < 1.29 is 9.59 Å². The zero-order valence-corrected chi connectivity index (χ0v) is 11.8. The maximum atomic E-state index is 12.8. The smallest absolute Gasteiger partial charge is 0.254 e. The second kappa shape index (κ2) is 5.56. The Morgan fingerprint density at radius 2 is 1.86 bits per heavy atom. The van der Waals surface area contributed by atoms with E-state index in [1.54, 1.807) is 4.90 Å². The molecule has 1 saturated heterocycles. The Kier molecular flexibility index (Phi) is 3.60. The zero-order chi connectivity index (χ0) is 14.8. The Balaban J connectivity index is 1.92. The molecule has 1 unspecified atom stereocenters. The fourth-order valence-corrected chi connectivity index (χ4v) is 2.98. The number of benzene rings is 2. The van der Waals surface area contributed by atoms with Crippen molar-refractivity contribution in [2.75, 3.05) is 13.1 Å². The van der Waals surface area contributed by atoms with Crippen LogP contribution in [0.5, 0.6) is 0 Å². The molecule has 4 heteroatoms. The van der Waals surface area contributed by atoms with E-state index in [-0.39, 0.29) is 17.7 Å². The molecule has 0 saturated carbocycles. The first kappa shape index (κ1) is 13.6. The number of hydrogen-bond donors (Lipinski definition) is 1. The number of nitrogens with two attached hydrogens (primary N) is 1. The van der Waals surface area contributed by atoms with Gasteiger partial charge in [-0.15, -0.1) is 0 Å². The van der Waals surface area contributed by atoms with E-state index < -0.39 is 0 Å². The predicted octanol–water partition coefficient (Wildman–Crippen LogP) is 2.18. The van der Waals surface area contributed by atoms with Gasteiger partial charge in [0, 0.05) is 18.7 Å². The standard InChI is InChI=1S/C17H18N2O2/c18-16(20)13-7-4-10-19(11-13)17(21)15-9-3-6-12-5-1-2-8-14(12)15/h1-3,5-6,8-9,13H,4,7,10-11H2,(H2,18,20). The molecule has 1 aliphatic rings. The van der Waals surface area contributed by atoms with Gasteiger partial charge < -0.3 is 10.6 Å². The summed E-state index contributed by atoms with van der Waals surface area (Å²) in [4.78, 5) is 25.9. The van der Waals surface area contributed by atoms with E-state index in [4.69, 9.17) is 5.73 Å². The van der Waals surface area contributed by atoms with Crippen molar-refractivity contribution in [1.82, 2.24) is 4.90 Å². The van der Waals surface area contributed by atoms with Gasteiger partial charge in [-0.1, -0.05) is 36.4 Å². The summed E-state index contributed by atoms with van der Waals surface area (Å²) in [7, 11) is 0. The molecule has 3 rings (SSSR count). The molecule has 2 aromatic carbocycles. The number of primary amides is 1. The van der Waals surface area contributed by atoms with Gasteiger partial charge in [0.2, 0.25) is 5.91 Å². The Labute approximate surface area is 123 Å². The maximum Gasteiger partial charge on any atom is 0.254 e. The van der Waals surface area contributed by atoms with Gasteiger partial charge in [-0.05, 0) is 29.7 Å². The van der Waals surface area contributed by atoms with Crippen LogP contribution in [0.15, 0.2) is 42.5 Å². The monoisotopic (exact) mass is 282 g/mol. The highest BCUT2D eigenvalue weighted by molar-refractivity contribution is 6.07. The van der Waals surface area contributed by atoms with Gasteiger partial charge in [0.15, 0.2) is 0 Å². The van der Waals surface area contributed by atoms with Crippen molar-refractivity contribution in [3.05, 3.63) is 48.0 Å². The Hall–Kier alpha value is -2.36. The van der Waals surface area contributed by atoms with Crippen LogP contribution in [-0.2, 0) is 4.79 Å². The van der Waals surface area contributed by atoms with E-state index in [1.807, 2.05) is 42.5 Å². The van der Waals surface area contributed by atoms with Gasteiger partial charge in [0.25, 0.3) is 5.91 Å². The molecule has 108 valence electrons. The minimum absolute atomic E-state index is 0.0160. The molecule has 4 nitrogen and oxygen atoms in total. The lowest BCUT2D eigenvalue weighted by Gasteiger charge is -2.31. The third-order valence-corrected chi connectivity index (χ3v) is 4.13. The fourth-order valence-electron chi connectivity index (χ4n) is 2.98. The summed E-state index contributed by atoms with van der Waals surface area (Å²) >= 11 is 0. The van der Waals surface area contributed by atoms with Crippen LogP contribution >= 0.6 is 0 Å². The summed E-state index contributed by atoms with van der Waals surface area (Å²) in [5.41, 5.74) is 6.07. The lowest BCUT2D eigenvalue weighted by molar-refractivity contribution is -0.123. The highest BCUT2D eigenvalue weighted by atomic mass is 16.2. The van der Waals surface area contributed by atoms with Crippen LogP contribution in [0.2, 0.25) is 0 Å². The Morgan fingerprint density at radius 1 is 1.10 bits per heavy atom. The molecular weight excluding hydrogens is 264 g/mol. The molecule has 1 fully saturated rings. The normalized spacial score (nSPS) is 18.7. The fraction of sp³-hybridized carbons (Fsp3) is 0.294. The third-order valence-electron chi connectivity index (χ3n) is 4.13. The topological polar surface area (TPSA) is 63.4 Å². The molecule has 2 aromatic rings. The third kappa shape index (κ3) is 2.61. The number of carbonyl (C=O) groups is 2. The zero-order valence-electron chi connectivity index (χ0n) is 11.8. The van der Waals surface area contributed by atoms with Crippen LogP contribution in [-0.4, -0.2) is 29.8 Å². The number of fused-ring (bicyclic) bond motifs is 1. The summed E-state index contributed by atoms with van der Waals surface area (Å²) in [5, 5.41) is 2.00. The first-order valence-electron chi connectivity index (χ1n) is 7.23. The van der Waals surface area contributed by atoms with Gasteiger partial charge in [0.1, 0.15) is 0 Å². The number of rotatable bonds is 2. The minimum atomic E-state index is -0.314. The van der Waals surface area contributed by atoms with E-state index in [2.05, 4.69) is 0 Å². The van der Waals surface area contributed by atoms with Crippen LogP contribution in [0.25, 0.3) is 10.8 Å². The first-order chi connectivity index (χ1) is 10.2. The lowest BCUT2D eigenvalue weighted by Crippen LogP contribution is -2.44. The summed E-state index contributed by atoms with van der Waals surface area (Å²) in [5.74, 6) is -0.555. The van der Waals surface area contributed by atoms with Crippen molar-refractivity contribution in [3.8, 4) is 0 Å². The lowest BCUT2D eigenvalue weighted by atomic mass is 9.96. The molecule has 1 heterocycles. The summed E-state index contributed by atoms with van der Waals surface area (Å²) in [6.07, 6.45) is 1.60. The first-order valence-corrected chi connectivity index (χ1v) is 7.23. The average Bonchev–Trinajstić information content (AvgIpc) is 2.53. The number of nitrogens with zero attached hydrogens (tertiary/aromatic N) is 1. The molecule has 0 aliphatic carbocycles. The highest BCUT2D eigenvalue weighted by Crippen LogP contribution is 2.23. The summed E-state index contributed by atoms with van der Waals surface area (Å²) < 4.78 is 0. The number of piperidine rings is 1. The van der Waals surface area contributed by atoms with E-state index >= 15 is 0 Å². The van der Waals surface area contributed by atoms with Crippen molar-refractivity contribution in [2.45, 2.75) is 12.8 Å². The minimum Gasteiger partial charge on any atom is -0.369 e. The quantitative estimate of drug-likeness (QED) is 0.917. The summed E-state index contributed by atoms with van der Waals surface area (Å²) in [6, 6.07) is 13.6. The predicted molar refractivity (Wildman–Crippen MR) is 81.8 cm³/mol. The Morgan fingerprint density at radius 3 is 2.67 bits per heavy atom. The van der Waals surface area contributed by atoms with Crippen LogP contribution in [0.3, 0.4) is 0 Å². The molecule has 0 aromatic heterocycles. The number of hydrogen-bond acceptors (Lipinski definition) is 2. The van der Waals surface area contributed by atoms with Crippen molar-refractivity contribution in [1.29, 1.82) is 0 Å². The Bertz CT molecular complexity index is 691. The number of likely N-dealkylation sites (tertiary alicyclic amines) is 1. The second-order valence-electron chi connectivity index (χ2n) is 5.52. The highest BCUT2D eigenvalue weighted by Gasteiger charge is 2.28. The van der Waals surface area contributed by atoms with E-state index in [1.165, 1.54) is 0 Å². The van der Waals surface area contributed by atoms with Crippen LogP contribution in [0.4, 0.5) is 0 Å². The van der Waals surface area contributed by atoms with Crippen LogP contribution < -0.4 is 5.73 Å². The molecule has 0 spiro atoms. The molecular formula is C17H18N2O2. The van der Waals surface area contributed by atoms with Gasteiger partial charge in [-0.25, -0.2) is 0 Å². The van der Waals surface area contributed by atoms with E-state index in [0.717, 1.165) is 23.6 Å². The number of carbonyl (C=O) groups excluding carboxylic acids is 2. The SMILES string of the molecule is NC(=O)C1CCCN(C(=O)c2cccc3ccccc23)C1. The molecule has 2 amide bonds. The van der Waals surface area contributed by atoms with E-state index in [0.29, 0.717) is 18.7 Å². The molecule has 0 bridgehead atoms. The van der Waals surface area contributed by atoms with Gasteiger partial charge in [0.05, 0.1) is 5.92 Å². The van der Waals surface area contributed by atoms with Crippen LogP contribution in [0.1, 0.15) is 23.2 Å². The van der Waals surface area contributed by atoms with E-state index in [9.17, 15) is 9.59 Å². The number of amides is 2. The van der Waals surface area contributed by atoms with Crippen LogP contribution in [0, 0.1) is 5.92 Å². The average molecular weight is 282 g/mol. The molecule has 0 radical (unpaired) electrons. The van der Waals surface area contributed by atoms with Crippen molar-refractivity contribution in [2.24, 2.45) is 11.7 Å². The molecule has 21 heavy (non-hydrogen) atoms. The van der Waals surface area contributed by atoms with Crippen molar-refractivity contribution >= 4 is 22.6 Å². The molecule has 1 aliphatic heterocycles. The van der Waals surface area contributed by atoms with Gasteiger partial charge in [-0.3, -0.25) is 9.59 Å². The second-order valence-corrected chi connectivity index (χ2v) is 5.52. The summed E-state index contributed by atoms with van der Waals surface area (Å²) in [6.45, 7) is 1.11. The van der Waals surface area contributed by atoms with Gasteiger partial charge >= 0.3 is 0 Å². The maximum absolute atomic E-state index is 12.8. The largest absolute Gasteiger partial charge is 0.369 e.